The molecule has 1 aromatic carbocycles. The molecule has 1 fully saturated rings. The van der Waals surface area contributed by atoms with Crippen molar-refractivity contribution in [3.05, 3.63) is 30.0 Å². The molecule has 0 saturated heterocycles. The molecule has 3 rings (SSSR count). The van der Waals surface area contributed by atoms with Crippen molar-refractivity contribution >= 4 is 16.8 Å². The minimum Gasteiger partial charge on any atom is -0.352 e. The van der Waals surface area contributed by atoms with Gasteiger partial charge >= 0.3 is 0 Å². The molecule has 1 heterocycles. The summed E-state index contributed by atoms with van der Waals surface area (Å²) in [7, 11) is 0. The minimum atomic E-state index is -0.280. The number of hydrogen-bond donors (Lipinski definition) is 1. The third-order valence-corrected chi connectivity index (χ3v) is 4.91. The average Bonchev–Trinajstić information content (AvgIpc) is 2.86. The van der Waals surface area contributed by atoms with Crippen LogP contribution in [0.3, 0.4) is 0 Å². The summed E-state index contributed by atoms with van der Waals surface area (Å²) in [5, 5.41) is 8.90. The Morgan fingerprint density at radius 1 is 1.27 bits per heavy atom. The van der Waals surface area contributed by atoms with Gasteiger partial charge in [-0.25, -0.2) is 0 Å². The zero-order chi connectivity index (χ0) is 15.7. The molecule has 1 N–H and O–H groups in total. The van der Waals surface area contributed by atoms with Gasteiger partial charge in [0, 0.05) is 11.4 Å². The maximum atomic E-state index is 12.6. The molecule has 22 heavy (non-hydrogen) atoms. The average molecular weight is 299 g/mol. The van der Waals surface area contributed by atoms with E-state index in [-0.39, 0.29) is 11.9 Å². The van der Waals surface area contributed by atoms with Crippen molar-refractivity contribution in [3.63, 3.8) is 0 Å². The van der Waals surface area contributed by atoms with Crippen LogP contribution in [-0.4, -0.2) is 21.7 Å². The third-order valence-electron chi connectivity index (χ3n) is 4.91. The number of nitrogens with zero attached hydrogens (tertiary/aromatic N) is 2. The van der Waals surface area contributed by atoms with E-state index in [1.807, 2.05) is 36.7 Å². The molecule has 2 aromatic rings. The highest BCUT2D eigenvalue weighted by Crippen LogP contribution is 2.25. The van der Waals surface area contributed by atoms with E-state index >= 15 is 0 Å². The van der Waals surface area contributed by atoms with Crippen molar-refractivity contribution in [1.29, 1.82) is 0 Å². The largest absolute Gasteiger partial charge is 0.352 e. The molecule has 1 saturated carbocycles. The lowest BCUT2D eigenvalue weighted by atomic mass is 9.87. The maximum absolute atomic E-state index is 12.6. The first-order chi connectivity index (χ1) is 10.6. The first-order valence-electron chi connectivity index (χ1n) is 8.30. The lowest BCUT2D eigenvalue weighted by Crippen LogP contribution is -2.40. The van der Waals surface area contributed by atoms with Gasteiger partial charge in [-0.1, -0.05) is 25.1 Å². The molecular formula is C18H25N3O. The van der Waals surface area contributed by atoms with Gasteiger partial charge in [0.1, 0.15) is 6.04 Å². The van der Waals surface area contributed by atoms with Crippen molar-refractivity contribution in [2.45, 2.75) is 58.5 Å². The number of nitrogens with one attached hydrogen (secondary N) is 1. The molecule has 4 heteroatoms. The fourth-order valence-corrected chi connectivity index (χ4v) is 3.38. The van der Waals surface area contributed by atoms with E-state index < -0.39 is 0 Å². The van der Waals surface area contributed by atoms with Crippen molar-refractivity contribution in [2.75, 3.05) is 0 Å². The van der Waals surface area contributed by atoms with Crippen LogP contribution in [0.5, 0.6) is 0 Å². The number of hydrogen-bond acceptors (Lipinski definition) is 2. The topological polar surface area (TPSA) is 46.9 Å². The van der Waals surface area contributed by atoms with Gasteiger partial charge in [-0.05, 0) is 51.5 Å². The van der Waals surface area contributed by atoms with Gasteiger partial charge in [-0.15, -0.1) is 0 Å². The molecule has 1 atom stereocenters. The van der Waals surface area contributed by atoms with Crippen LogP contribution in [0.4, 0.5) is 0 Å². The van der Waals surface area contributed by atoms with Crippen LogP contribution >= 0.6 is 0 Å². The molecular weight excluding hydrogens is 274 g/mol. The first-order valence-corrected chi connectivity index (χ1v) is 8.30. The summed E-state index contributed by atoms with van der Waals surface area (Å²) in [5.41, 5.74) is 2.00. The van der Waals surface area contributed by atoms with E-state index in [4.69, 9.17) is 0 Å². The summed E-state index contributed by atoms with van der Waals surface area (Å²) in [6.07, 6.45) is 4.61. The van der Waals surface area contributed by atoms with Crippen molar-refractivity contribution < 1.29 is 4.79 Å². The summed E-state index contributed by atoms with van der Waals surface area (Å²) in [5.74, 6) is 0.871. The van der Waals surface area contributed by atoms with Gasteiger partial charge in [-0.3, -0.25) is 9.48 Å². The second-order valence-electron chi connectivity index (χ2n) is 6.69. The SMILES string of the molecule is Cc1nn([C@@H](C)C(=O)NC2CCC(C)CC2)c2ccccc12. The highest BCUT2D eigenvalue weighted by molar-refractivity contribution is 5.86. The molecule has 1 aromatic heterocycles. The summed E-state index contributed by atoms with van der Waals surface area (Å²) in [4.78, 5) is 12.6. The molecule has 118 valence electrons. The number of rotatable bonds is 3. The van der Waals surface area contributed by atoms with Crippen LogP contribution < -0.4 is 5.32 Å². The molecule has 0 radical (unpaired) electrons. The fourth-order valence-electron chi connectivity index (χ4n) is 3.38. The maximum Gasteiger partial charge on any atom is 0.244 e. The monoisotopic (exact) mass is 299 g/mol. The van der Waals surface area contributed by atoms with Gasteiger partial charge in [0.25, 0.3) is 0 Å². The highest BCUT2D eigenvalue weighted by atomic mass is 16.2. The zero-order valence-electron chi connectivity index (χ0n) is 13.7. The van der Waals surface area contributed by atoms with Gasteiger partial charge in [0.15, 0.2) is 0 Å². The Balaban J connectivity index is 1.75. The smallest absolute Gasteiger partial charge is 0.244 e. The Kier molecular flexibility index (Phi) is 4.19. The van der Waals surface area contributed by atoms with Crippen LogP contribution in [0.1, 0.15) is 51.3 Å². The summed E-state index contributed by atoms with van der Waals surface area (Å²) in [6, 6.07) is 8.14. The Morgan fingerprint density at radius 3 is 2.68 bits per heavy atom. The molecule has 1 aliphatic carbocycles. The number of amides is 1. The van der Waals surface area contributed by atoms with Gasteiger partial charge in [0.2, 0.25) is 5.91 Å². The van der Waals surface area contributed by atoms with Crippen LogP contribution in [0.25, 0.3) is 10.9 Å². The van der Waals surface area contributed by atoms with Gasteiger partial charge in [-0.2, -0.15) is 5.10 Å². The number of benzene rings is 1. The van der Waals surface area contributed by atoms with E-state index in [0.29, 0.717) is 6.04 Å². The van der Waals surface area contributed by atoms with E-state index in [2.05, 4.69) is 23.4 Å². The highest BCUT2D eigenvalue weighted by Gasteiger charge is 2.24. The number of aromatic nitrogens is 2. The summed E-state index contributed by atoms with van der Waals surface area (Å²) in [6.45, 7) is 6.21. The second kappa shape index (κ2) is 6.11. The Morgan fingerprint density at radius 2 is 1.95 bits per heavy atom. The minimum absolute atomic E-state index is 0.0767. The number of fused-ring (bicyclic) bond motifs is 1. The molecule has 0 unspecified atom stereocenters. The van der Waals surface area contributed by atoms with Crippen molar-refractivity contribution in [3.8, 4) is 0 Å². The quantitative estimate of drug-likeness (QED) is 0.941. The Bertz CT molecular complexity index is 668. The Hall–Kier alpha value is -1.84. The van der Waals surface area contributed by atoms with Crippen LogP contribution in [0.15, 0.2) is 24.3 Å². The number of para-hydroxylation sites is 1. The molecule has 4 nitrogen and oxygen atoms in total. The molecule has 0 spiro atoms. The number of carbonyl (C=O) groups is 1. The predicted molar refractivity (Wildman–Crippen MR) is 88.7 cm³/mol. The van der Waals surface area contributed by atoms with Crippen LogP contribution in [0, 0.1) is 12.8 Å². The van der Waals surface area contributed by atoms with Crippen LogP contribution in [0.2, 0.25) is 0 Å². The van der Waals surface area contributed by atoms with E-state index in [1.165, 1.54) is 12.8 Å². The van der Waals surface area contributed by atoms with Crippen LogP contribution in [-0.2, 0) is 4.79 Å². The van der Waals surface area contributed by atoms with E-state index in [9.17, 15) is 4.79 Å². The molecule has 1 aliphatic rings. The van der Waals surface area contributed by atoms with Gasteiger partial charge in [0.05, 0.1) is 11.2 Å². The normalized spacial score (nSPS) is 23.4. The second-order valence-corrected chi connectivity index (χ2v) is 6.69. The molecule has 1 amide bonds. The zero-order valence-corrected chi connectivity index (χ0v) is 13.7. The lowest BCUT2D eigenvalue weighted by molar-refractivity contribution is -0.125. The van der Waals surface area contributed by atoms with Crippen molar-refractivity contribution in [1.82, 2.24) is 15.1 Å². The summed E-state index contributed by atoms with van der Waals surface area (Å²) < 4.78 is 1.85. The molecule has 0 bridgehead atoms. The van der Waals surface area contributed by atoms with Gasteiger partial charge < -0.3 is 5.32 Å². The number of aryl methyl sites for hydroxylation is 1. The van der Waals surface area contributed by atoms with E-state index in [0.717, 1.165) is 35.4 Å². The third kappa shape index (κ3) is 2.87. The lowest BCUT2D eigenvalue weighted by Gasteiger charge is -2.28. The summed E-state index contributed by atoms with van der Waals surface area (Å²) >= 11 is 0. The predicted octanol–water partition coefficient (Wildman–Crippen LogP) is 3.60. The standard InChI is InChI=1S/C18H25N3O/c1-12-8-10-15(11-9-12)19-18(22)14(3)21-17-7-5-4-6-16(17)13(2)20-21/h4-7,12,14-15H,8-11H2,1-3H3,(H,19,22)/t12?,14-,15?/m0/s1. The van der Waals surface area contributed by atoms with Crippen molar-refractivity contribution in [2.24, 2.45) is 5.92 Å². The number of carbonyl (C=O) groups excluding carboxylic acids is 1. The van der Waals surface area contributed by atoms with E-state index in [1.54, 1.807) is 0 Å². The first kappa shape index (κ1) is 15.1. The molecule has 0 aliphatic heterocycles. The fraction of sp³-hybridized carbons (Fsp3) is 0.556. The Labute approximate surface area is 131 Å².